The topological polar surface area (TPSA) is 78.5 Å². The van der Waals surface area contributed by atoms with Gasteiger partial charge in [-0.1, -0.05) is 25.8 Å². The molecular weight excluding hydrogens is 318 g/mol. The van der Waals surface area contributed by atoms with E-state index in [9.17, 15) is 14.4 Å². The Bertz CT molecular complexity index is 731. The summed E-state index contributed by atoms with van der Waals surface area (Å²) in [4.78, 5) is 38.5. The number of amides is 4. The number of carbonyl (C=O) groups excluding carboxylic acids is 3. The monoisotopic (exact) mass is 343 g/mol. The molecule has 25 heavy (non-hydrogen) atoms. The number of rotatable bonds is 3. The van der Waals surface area contributed by atoms with E-state index < -0.39 is 11.6 Å². The molecule has 1 saturated carbocycles. The number of carbonyl (C=O) groups is 3. The normalized spacial score (nSPS) is 26.0. The lowest BCUT2D eigenvalue weighted by Gasteiger charge is -2.36. The van der Waals surface area contributed by atoms with Crippen molar-refractivity contribution in [2.45, 2.75) is 52.0 Å². The standard InChI is InChI=1S/C19H25N3O3/c1-12-7-8-15(10-13(12)2)20-16(23)11-22-17(24)19(21-18(22)25)9-5-4-6-14(19)3/h7-8,10,14H,4-6,9,11H2,1-3H3,(H,20,23)(H,21,25). The van der Waals surface area contributed by atoms with Crippen LogP contribution in [0.2, 0.25) is 0 Å². The van der Waals surface area contributed by atoms with E-state index in [-0.39, 0.29) is 24.3 Å². The number of benzene rings is 1. The molecule has 1 aromatic carbocycles. The third-order valence-corrected chi connectivity index (χ3v) is 5.59. The zero-order valence-electron chi connectivity index (χ0n) is 15.0. The summed E-state index contributed by atoms with van der Waals surface area (Å²) in [5.41, 5.74) is 2.06. The fourth-order valence-electron chi connectivity index (χ4n) is 3.80. The van der Waals surface area contributed by atoms with Crippen LogP contribution >= 0.6 is 0 Å². The number of anilines is 1. The molecular formula is C19H25N3O3. The van der Waals surface area contributed by atoms with E-state index in [4.69, 9.17) is 0 Å². The van der Waals surface area contributed by atoms with Crippen LogP contribution in [0.1, 0.15) is 43.7 Å². The Morgan fingerprint density at radius 1 is 1.28 bits per heavy atom. The Morgan fingerprint density at radius 3 is 2.72 bits per heavy atom. The summed E-state index contributed by atoms with van der Waals surface area (Å²) >= 11 is 0. The molecule has 2 unspecified atom stereocenters. The lowest BCUT2D eigenvalue weighted by molar-refractivity contribution is -0.136. The van der Waals surface area contributed by atoms with Gasteiger partial charge in [0.1, 0.15) is 12.1 Å². The first-order valence-electron chi connectivity index (χ1n) is 8.85. The second-order valence-corrected chi connectivity index (χ2v) is 7.29. The van der Waals surface area contributed by atoms with Crippen LogP contribution in [-0.4, -0.2) is 34.8 Å². The molecule has 2 N–H and O–H groups in total. The van der Waals surface area contributed by atoms with Crippen molar-refractivity contribution in [3.63, 3.8) is 0 Å². The van der Waals surface area contributed by atoms with Crippen LogP contribution in [0.5, 0.6) is 0 Å². The molecule has 1 aliphatic carbocycles. The van der Waals surface area contributed by atoms with Crippen LogP contribution in [0.25, 0.3) is 0 Å². The molecule has 134 valence electrons. The molecule has 4 amide bonds. The molecule has 1 heterocycles. The SMILES string of the molecule is Cc1ccc(NC(=O)CN2C(=O)NC3(CCCCC3C)C2=O)cc1C. The van der Waals surface area contributed by atoms with Crippen LogP contribution in [0.4, 0.5) is 10.5 Å². The highest BCUT2D eigenvalue weighted by atomic mass is 16.2. The van der Waals surface area contributed by atoms with Crippen molar-refractivity contribution >= 4 is 23.5 Å². The first kappa shape index (κ1) is 17.5. The first-order chi connectivity index (χ1) is 11.8. The second kappa shape index (κ2) is 6.50. The third-order valence-electron chi connectivity index (χ3n) is 5.59. The van der Waals surface area contributed by atoms with Gasteiger partial charge in [0.05, 0.1) is 0 Å². The van der Waals surface area contributed by atoms with E-state index in [1.807, 2.05) is 39.0 Å². The van der Waals surface area contributed by atoms with Crippen molar-refractivity contribution in [1.82, 2.24) is 10.2 Å². The van der Waals surface area contributed by atoms with E-state index in [0.29, 0.717) is 12.1 Å². The zero-order chi connectivity index (χ0) is 18.2. The molecule has 6 heteroatoms. The highest BCUT2D eigenvalue weighted by Gasteiger charge is 2.55. The maximum Gasteiger partial charge on any atom is 0.325 e. The quantitative estimate of drug-likeness (QED) is 0.828. The summed E-state index contributed by atoms with van der Waals surface area (Å²) in [6.07, 6.45) is 3.54. The third kappa shape index (κ3) is 3.13. The predicted molar refractivity (Wildman–Crippen MR) is 95.2 cm³/mol. The predicted octanol–water partition coefficient (Wildman–Crippen LogP) is 2.74. The largest absolute Gasteiger partial charge is 0.325 e. The molecule has 6 nitrogen and oxygen atoms in total. The number of nitrogens with one attached hydrogen (secondary N) is 2. The van der Waals surface area contributed by atoms with Gasteiger partial charge in [0.25, 0.3) is 5.91 Å². The summed E-state index contributed by atoms with van der Waals surface area (Å²) in [5, 5.41) is 5.63. The van der Waals surface area contributed by atoms with Crippen molar-refractivity contribution in [1.29, 1.82) is 0 Å². The molecule has 2 fully saturated rings. The summed E-state index contributed by atoms with van der Waals surface area (Å²) in [5.74, 6) is -0.544. The van der Waals surface area contributed by atoms with Crippen molar-refractivity contribution in [3.05, 3.63) is 29.3 Å². The molecule has 1 aliphatic heterocycles. The minimum absolute atomic E-state index is 0.0884. The number of hydrogen-bond acceptors (Lipinski definition) is 3. The number of urea groups is 1. The lowest BCUT2D eigenvalue weighted by atomic mass is 9.73. The van der Waals surface area contributed by atoms with Crippen molar-refractivity contribution < 1.29 is 14.4 Å². The molecule has 2 aliphatic rings. The maximum atomic E-state index is 12.9. The van der Waals surface area contributed by atoms with Crippen LogP contribution in [0.3, 0.4) is 0 Å². The Kier molecular flexibility index (Phi) is 4.54. The highest BCUT2D eigenvalue weighted by molar-refractivity contribution is 6.10. The van der Waals surface area contributed by atoms with Crippen LogP contribution in [0, 0.1) is 19.8 Å². The average molecular weight is 343 g/mol. The summed E-state index contributed by atoms with van der Waals surface area (Å²) in [7, 11) is 0. The average Bonchev–Trinajstić information content (AvgIpc) is 2.79. The Balaban J connectivity index is 1.69. The fraction of sp³-hybridized carbons (Fsp3) is 0.526. The summed E-state index contributed by atoms with van der Waals surface area (Å²) in [6, 6.07) is 5.16. The van der Waals surface area contributed by atoms with E-state index in [0.717, 1.165) is 35.3 Å². The van der Waals surface area contributed by atoms with Crippen molar-refractivity contribution in [2.75, 3.05) is 11.9 Å². The van der Waals surface area contributed by atoms with E-state index >= 15 is 0 Å². The second-order valence-electron chi connectivity index (χ2n) is 7.29. The van der Waals surface area contributed by atoms with Gasteiger partial charge in [-0.05, 0) is 55.9 Å². The van der Waals surface area contributed by atoms with Gasteiger partial charge in [0.2, 0.25) is 5.91 Å². The van der Waals surface area contributed by atoms with E-state index in [1.165, 1.54) is 0 Å². The van der Waals surface area contributed by atoms with Gasteiger partial charge in [0, 0.05) is 5.69 Å². The van der Waals surface area contributed by atoms with Crippen LogP contribution in [-0.2, 0) is 9.59 Å². The molecule has 0 bridgehead atoms. The smallest absolute Gasteiger partial charge is 0.325 e. The first-order valence-corrected chi connectivity index (χ1v) is 8.85. The molecule has 1 aromatic rings. The Labute approximate surface area is 148 Å². The van der Waals surface area contributed by atoms with Gasteiger partial charge >= 0.3 is 6.03 Å². The van der Waals surface area contributed by atoms with Gasteiger partial charge < -0.3 is 10.6 Å². The van der Waals surface area contributed by atoms with Gasteiger partial charge in [-0.3, -0.25) is 14.5 Å². The highest BCUT2D eigenvalue weighted by Crippen LogP contribution is 2.38. The maximum absolute atomic E-state index is 12.9. The Hall–Kier alpha value is -2.37. The Morgan fingerprint density at radius 2 is 2.04 bits per heavy atom. The lowest BCUT2D eigenvalue weighted by Crippen LogP contribution is -2.54. The molecule has 2 atom stereocenters. The molecule has 1 saturated heterocycles. The van der Waals surface area contributed by atoms with Crippen molar-refractivity contribution in [2.24, 2.45) is 5.92 Å². The fourth-order valence-corrected chi connectivity index (χ4v) is 3.80. The minimum atomic E-state index is -0.823. The molecule has 0 radical (unpaired) electrons. The van der Waals surface area contributed by atoms with Crippen LogP contribution < -0.4 is 10.6 Å². The summed E-state index contributed by atoms with van der Waals surface area (Å²) < 4.78 is 0. The minimum Gasteiger partial charge on any atom is -0.325 e. The van der Waals surface area contributed by atoms with Crippen molar-refractivity contribution in [3.8, 4) is 0 Å². The molecule has 1 spiro atoms. The molecule has 0 aromatic heterocycles. The number of nitrogens with zero attached hydrogens (tertiary/aromatic N) is 1. The number of imide groups is 1. The van der Waals surface area contributed by atoms with E-state index in [2.05, 4.69) is 10.6 Å². The molecule has 3 rings (SSSR count). The zero-order valence-corrected chi connectivity index (χ0v) is 15.0. The van der Waals surface area contributed by atoms with Gasteiger partial charge in [-0.15, -0.1) is 0 Å². The summed E-state index contributed by atoms with van der Waals surface area (Å²) in [6.45, 7) is 5.71. The van der Waals surface area contributed by atoms with Gasteiger partial charge in [-0.2, -0.15) is 0 Å². The van der Waals surface area contributed by atoms with Gasteiger partial charge in [-0.25, -0.2) is 4.79 Å². The van der Waals surface area contributed by atoms with Gasteiger partial charge in [0.15, 0.2) is 0 Å². The number of aryl methyl sites for hydroxylation is 2. The van der Waals surface area contributed by atoms with E-state index in [1.54, 1.807) is 0 Å². The van der Waals surface area contributed by atoms with Crippen LogP contribution in [0.15, 0.2) is 18.2 Å². The number of hydrogen-bond donors (Lipinski definition) is 2.